The van der Waals surface area contributed by atoms with Crippen molar-refractivity contribution >= 4 is 38.9 Å². The molecule has 2 nitrogen and oxygen atoms in total. The third-order valence-electron chi connectivity index (χ3n) is 10.2. The molecule has 0 saturated carbocycles. The van der Waals surface area contributed by atoms with Crippen molar-refractivity contribution in [3.05, 3.63) is 230 Å². The summed E-state index contributed by atoms with van der Waals surface area (Å²) in [6, 6.07) is 55.6. The third kappa shape index (κ3) is 6.14. The summed E-state index contributed by atoms with van der Waals surface area (Å²) in [5.41, 5.74) is 8.28. The molecule has 56 heavy (non-hydrogen) atoms. The maximum Gasteiger partial charge on any atom is 0.0645 e. The Balaban J connectivity index is 1.12. The topological polar surface area (TPSA) is 8.17 Å². The monoisotopic (exact) mass is 722 g/mol. The van der Waals surface area contributed by atoms with Gasteiger partial charge in [0.05, 0.1) is 27.7 Å². The van der Waals surface area contributed by atoms with E-state index in [2.05, 4.69) is 83.4 Å². The van der Waals surface area contributed by atoms with Crippen LogP contribution in [0.15, 0.2) is 230 Å². The summed E-state index contributed by atoms with van der Waals surface area (Å²) in [6.45, 7) is 0. The van der Waals surface area contributed by atoms with Gasteiger partial charge in [-0.2, -0.15) is 0 Å². The number of fused-ring (bicyclic) bond motifs is 3. The van der Waals surface area contributed by atoms with Gasteiger partial charge in [0.15, 0.2) is 0 Å². The highest BCUT2D eigenvalue weighted by Crippen LogP contribution is 2.40. The van der Waals surface area contributed by atoms with Gasteiger partial charge >= 0.3 is 0 Å². The second-order valence-electron chi connectivity index (χ2n) is 13.5. The van der Waals surface area contributed by atoms with E-state index in [4.69, 9.17) is 5.48 Å². The first-order chi connectivity index (χ1) is 31.1. The van der Waals surface area contributed by atoms with Gasteiger partial charge in [0.1, 0.15) is 0 Å². The standard InChI is InChI=1S/C54H38N2/c1-3-14-39(15-4-1)41-26-32-46(33-27-41)55(47-34-28-42(29-35-47)40-16-5-2-6-17-40)48-36-30-43(31-37-48)44-18-13-19-45(38-44)49-20-7-10-23-52(49)56-53-24-11-8-21-50(53)51-22-9-12-25-54(51)56/h1-38H/i26D,27D,28D,29D,32D,33D,34D,35D. The van der Waals surface area contributed by atoms with Crippen LogP contribution in [0.25, 0.3) is 72.0 Å². The minimum atomic E-state index is -0.387. The molecule has 10 aromatic rings. The van der Waals surface area contributed by atoms with Gasteiger partial charge in [-0.25, -0.2) is 0 Å². The van der Waals surface area contributed by atoms with E-state index in [1.807, 2.05) is 42.5 Å². The zero-order chi connectivity index (χ0) is 44.2. The molecule has 0 bridgehead atoms. The van der Waals surface area contributed by atoms with Crippen molar-refractivity contribution < 1.29 is 11.0 Å². The van der Waals surface area contributed by atoms with Crippen LogP contribution < -0.4 is 4.90 Å². The lowest BCUT2D eigenvalue weighted by molar-refractivity contribution is 1.18. The first-order valence-electron chi connectivity index (χ1n) is 22.5. The smallest absolute Gasteiger partial charge is 0.0645 e. The number of rotatable bonds is 8. The summed E-state index contributed by atoms with van der Waals surface area (Å²) in [4.78, 5) is 1.34. The van der Waals surface area contributed by atoms with Crippen molar-refractivity contribution in [3.8, 4) is 50.2 Å². The summed E-state index contributed by atoms with van der Waals surface area (Å²) >= 11 is 0. The van der Waals surface area contributed by atoms with Gasteiger partial charge in [0.2, 0.25) is 0 Å². The van der Waals surface area contributed by atoms with E-state index in [9.17, 15) is 5.48 Å². The van der Waals surface area contributed by atoms with Crippen LogP contribution in [0.1, 0.15) is 11.0 Å². The van der Waals surface area contributed by atoms with Gasteiger partial charge in [0.25, 0.3) is 0 Å². The average molecular weight is 723 g/mol. The minimum Gasteiger partial charge on any atom is -0.311 e. The molecule has 0 saturated heterocycles. The number of aromatic nitrogens is 1. The SMILES string of the molecule is [2H]c1c([2H])c(N(c2ccc(-c3cccc(-c4ccccc4-n4c5ccccc5c5ccccc54)c3)cc2)c2c([2H])c([2H])c(-c3ccccc3)c([2H])c2[2H])c([2H])c([2H])c1-c1ccccc1. The van der Waals surface area contributed by atoms with Crippen LogP contribution >= 0.6 is 0 Å². The highest BCUT2D eigenvalue weighted by Gasteiger charge is 2.17. The van der Waals surface area contributed by atoms with Crippen molar-refractivity contribution in [2.45, 2.75) is 0 Å². The Morgan fingerprint density at radius 1 is 0.321 bits per heavy atom. The Morgan fingerprint density at radius 3 is 1.34 bits per heavy atom. The quantitative estimate of drug-likeness (QED) is 0.152. The summed E-state index contributed by atoms with van der Waals surface area (Å²) in [7, 11) is 0. The zero-order valence-electron chi connectivity index (χ0n) is 38.2. The third-order valence-corrected chi connectivity index (χ3v) is 10.2. The van der Waals surface area contributed by atoms with E-state index in [-0.39, 0.29) is 70.8 Å². The maximum atomic E-state index is 9.37. The Labute approximate surface area is 339 Å². The van der Waals surface area contributed by atoms with Crippen LogP contribution in [-0.2, 0) is 0 Å². The van der Waals surface area contributed by atoms with Crippen LogP contribution in [-0.4, -0.2) is 4.57 Å². The van der Waals surface area contributed by atoms with Crippen LogP contribution in [0, 0.1) is 0 Å². The van der Waals surface area contributed by atoms with E-state index in [0.29, 0.717) is 16.8 Å². The number of para-hydroxylation sites is 3. The molecule has 0 aliphatic carbocycles. The van der Waals surface area contributed by atoms with Gasteiger partial charge in [-0.15, -0.1) is 0 Å². The molecule has 0 aliphatic heterocycles. The summed E-state index contributed by atoms with van der Waals surface area (Å²) in [6.07, 6.45) is 0. The van der Waals surface area contributed by atoms with Gasteiger partial charge in [-0.1, -0.05) is 170 Å². The zero-order valence-corrected chi connectivity index (χ0v) is 30.2. The molecule has 9 aromatic carbocycles. The van der Waals surface area contributed by atoms with E-state index < -0.39 is 0 Å². The highest BCUT2D eigenvalue weighted by molar-refractivity contribution is 6.09. The summed E-state index contributed by atoms with van der Waals surface area (Å²) < 4.78 is 76.4. The predicted molar refractivity (Wildman–Crippen MR) is 237 cm³/mol. The second-order valence-corrected chi connectivity index (χ2v) is 13.5. The van der Waals surface area contributed by atoms with Crippen LogP contribution in [0.3, 0.4) is 0 Å². The summed E-state index contributed by atoms with van der Waals surface area (Å²) in [5, 5.41) is 2.35. The predicted octanol–water partition coefficient (Wildman–Crippen LogP) is 14.9. The van der Waals surface area contributed by atoms with Crippen molar-refractivity contribution in [1.29, 1.82) is 0 Å². The maximum absolute atomic E-state index is 9.37. The highest BCUT2D eigenvalue weighted by atomic mass is 15.1. The molecule has 0 radical (unpaired) electrons. The Morgan fingerprint density at radius 2 is 0.768 bits per heavy atom. The van der Waals surface area contributed by atoms with Crippen molar-refractivity contribution in [3.63, 3.8) is 0 Å². The molecule has 0 fully saturated rings. The van der Waals surface area contributed by atoms with E-state index in [0.717, 1.165) is 39.0 Å². The number of benzene rings is 9. The second kappa shape index (κ2) is 14.4. The van der Waals surface area contributed by atoms with Crippen molar-refractivity contribution in [2.24, 2.45) is 0 Å². The first kappa shape index (κ1) is 25.6. The lowest BCUT2D eigenvalue weighted by Crippen LogP contribution is -2.09. The Hall–Kier alpha value is -7.42. The largest absolute Gasteiger partial charge is 0.311 e. The summed E-state index contributed by atoms with van der Waals surface area (Å²) in [5.74, 6) is 0. The molecule has 2 heteroatoms. The first-order valence-corrected chi connectivity index (χ1v) is 18.5. The van der Waals surface area contributed by atoms with E-state index in [1.165, 1.54) is 15.7 Å². The van der Waals surface area contributed by atoms with E-state index in [1.54, 1.807) is 60.7 Å². The Kier molecular flexibility index (Phi) is 6.59. The molecule has 0 spiro atoms. The average Bonchev–Trinajstić information content (AvgIpc) is 3.67. The van der Waals surface area contributed by atoms with Crippen LogP contribution in [0.4, 0.5) is 17.1 Å². The molecule has 1 heterocycles. The normalized spacial score (nSPS) is 13.2. The lowest BCUT2D eigenvalue weighted by Gasteiger charge is -2.26. The molecular formula is C54H38N2. The minimum absolute atomic E-state index is 0.119. The molecule has 0 unspecified atom stereocenters. The molecule has 0 N–H and O–H groups in total. The molecule has 0 amide bonds. The van der Waals surface area contributed by atoms with Crippen LogP contribution in [0.5, 0.6) is 0 Å². The molecule has 0 aliphatic rings. The van der Waals surface area contributed by atoms with Crippen LogP contribution in [0.2, 0.25) is 0 Å². The molecule has 1 aromatic heterocycles. The van der Waals surface area contributed by atoms with Crippen molar-refractivity contribution in [1.82, 2.24) is 4.57 Å². The van der Waals surface area contributed by atoms with Crippen molar-refractivity contribution in [2.75, 3.05) is 4.90 Å². The number of hydrogen-bond acceptors (Lipinski definition) is 1. The number of hydrogen-bond donors (Lipinski definition) is 0. The van der Waals surface area contributed by atoms with Gasteiger partial charge in [0, 0.05) is 33.4 Å². The van der Waals surface area contributed by atoms with Gasteiger partial charge in [-0.05, 0) is 99.5 Å². The molecule has 264 valence electrons. The Bertz CT molecular complexity index is 3200. The molecule has 0 atom stereocenters. The number of nitrogens with zero attached hydrogens (tertiary/aromatic N) is 2. The molecular weight excluding hydrogens is 677 g/mol. The van der Waals surface area contributed by atoms with Gasteiger partial charge in [-0.3, -0.25) is 0 Å². The molecule has 10 rings (SSSR count). The van der Waals surface area contributed by atoms with Gasteiger partial charge < -0.3 is 9.47 Å². The fourth-order valence-electron chi connectivity index (χ4n) is 7.47. The number of anilines is 3. The fraction of sp³-hybridized carbons (Fsp3) is 0. The fourth-order valence-corrected chi connectivity index (χ4v) is 7.47. The lowest BCUT2D eigenvalue weighted by atomic mass is 9.97. The van der Waals surface area contributed by atoms with E-state index >= 15 is 0 Å².